The number of carbonyl (C=O) groups excluding carboxylic acids is 2. The molecule has 2 aromatic rings. The number of imide groups is 1. The number of amides is 2. The maximum Gasteiger partial charge on any atom is 0.277 e. The number of anilines is 1. The highest BCUT2D eigenvalue weighted by atomic mass is 16.3. The Morgan fingerprint density at radius 1 is 1.09 bits per heavy atom. The van der Waals surface area contributed by atoms with Gasteiger partial charge in [0.1, 0.15) is 11.5 Å². The second-order valence-electron chi connectivity index (χ2n) is 5.26. The van der Waals surface area contributed by atoms with Crippen molar-refractivity contribution in [3.63, 3.8) is 0 Å². The summed E-state index contributed by atoms with van der Waals surface area (Å²) in [5, 5.41) is 3.09. The maximum absolute atomic E-state index is 12.4. The van der Waals surface area contributed by atoms with E-state index in [1.54, 1.807) is 12.1 Å². The summed E-state index contributed by atoms with van der Waals surface area (Å²) in [6.45, 7) is 4.05. The second-order valence-corrected chi connectivity index (χ2v) is 5.26. The highest BCUT2D eigenvalue weighted by Gasteiger charge is 2.32. The van der Waals surface area contributed by atoms with Crippen molar-refractivity contribution in [1.29, 1.82) is 0 Å². The molecule has 1 aromatic carbocycles. The molecule has 0 bridgehead atoms. The van der Waals surface area contributed by atoms with E-state index in [9.17, 15) is 9.59 Å². The molecule has 2 heterocycles. The summed E-state index contributed by atoms with van der Waals surface area (Å²) in [7, 11) is 0. The van der Waals surface area contributed by atoms with Crippen LogP contribution in [0.5, 0.6) is 0 Å². The number of rotatable bonds is 4. The number of carbonyl (C=O) groups is 2. The first kappa shape index (κ1) is 14.1. The van der Waals surface area contributed by atoms with Crippen LogP contribution in [0, 0.1) is 13.8 Å². The largest absolute Gasteiger partial charge is 0.467 e. The molecule has 5 heteroatoms. The fourth-order valence-electron chi connectivity index (χ4n) is 2.45. The zero-order valence-corrected chi connectivity index (χ0v) is 12.4. The van der Waals surface area contributed by atoms with Gasteiger partial charge in [0.25, 0.3) is 11.8 Å². The van der Waals surface area contributed by atoms with Crippen LogP contribution in [-0.4, -0.2) is 16.7 Å². The molecule has 0 atom stereocenters. The molecule has 5 nitrogen and oxygen atoms in total. The summed E-state index contributed by atoms with van der Waals surface area (Å²) in [6.07, 6.45) is 2.85. The molecule has 0 fully saturated rings. The third-order valence-electron chi connectivity index (χ3n) is 3.64. The Labute approximate surface area is 128 Å². The van der Waals surface area contributed by atoms with Gasteiger partial charge in [0, 0.05) is 11.8 Å². The zero-order chi connectivity index (χ0) is 15.7. The van der Waals surface area contributed by atoms with Gasteiger partial charge in [-0.05, 0) is 37.1 Å². The Morgan fingerprint density at radius 2 is 1.82 bits per heavy atom. The van der Waals surface area contributed by atoms with E-state index in [0.717, 1.165) is 21.7 Å². The van der Waals surface area contributed by atoms with Gasteiger partial charge in [-0.1, -0.05) is 18.2 Å². The van der Waals surface area contributed by atoms with Gasteiger partial charge in [0.2, 0.25) is 0 Å². The quantitative estimate of drug-likeness (QED) is 0.881. The van der Waals surface area contributed by atoms with Crippen LogP contribution in [0.2, 0.25) is 0 Å². The summed E-state index contributed by atoms with van der Waals surface area (Å²) >= 11 is 0. The van der Waals surface area contributed by atoms with E-state index in [2.05, 4.69) is 5.32 Å². The fraction of sp³-hybridized carbons (Fsp3) is 0.176. The first-order chi connectivity index (χ1) is 10.6. The molecule has 2 amide bonds. The smallest absolute Gasteiger partial charge is 0.277 e. The van der Waals surface area contributed by atoms with E-state index in [-0.39, 0.29) is 24.1 Å². The third-order valence-corrected chi connectivity index (χ3v) is 3.64. The van der Waals surface area contributed by atoms with E-state index in [1.807, 2.05) is 32.0 Å². The minimum absolute atomic E-state index is 0.138. The fourth-order valence-corrected chi connectivity index (χ4v) is 2.45. The lowest BCUT2D eigenvalue weighted by atomic mass is 10.1. The first-order valence-electron chi connectivity index (χ1n) is 6.99. The molecule has 1 aliphatic heterocycles. The van der Waals surface area contributed by atoms with Gasteiger partial charge >= 0.3 is 0 Å². The van der Waals surface area contributed by atoms with Gasteiger partial charge in [-0.25, -0.2) is 0 Å². The molecule has 0 unspecified atom stereocenters. The van der Waals surface area contributed by atoms with E-state index in [1.165, 1.54) is 12.3 Å². The molecule has 1 aliphatic rings. The van der Waals surface area contributed by atoms with Gasteiger partial charge in [-0.3, -0.25) is 14.5 Å². The molecule has 112 valence electrons. The SMILES string of the molecule is Cc1cccc(C)c1NC1=CC(=O)N(Cc2ccco2)C1=O. The molecular weight excluding hydrogens is 280 g/mol. The summed E-state index contributed by atoms with van der Waals surface area (Å²) in [5.41, 5.74) is 3.18. The van der Waals surface area contributed by atoms with Crippen LogP contribution in [0.1, 0.15) is 16.9 Å². The molecule has 0 radical (unpaired) electrons. The Kier molecular flexibility index (Phi) is 3.55. The molecule has 0 saturated carbocycles. The van der Waals surface area contributed by atoms with E-state index in [4.69, 9.17) is 4.42 Å². The molecule has 0 spiro atoms. The van der Waals surface area contributed by atoms with Crippen LogP contribution in [0.3, 0.4) is 0 Å². The summed E-state index contributed by atoms with van der Waals surface area (Å²) in [6, 6.07) is 9.33. The number of hydrogen-bond acceptors (Lipinski definition) is 4. The van der Waals surface area contributed by atoms with Crippen LogP contribution in [0.15, 0.2) is 52.8 Å². The summed E-state index contributed by atoms with van der Waals surface area (Å²) < 4.78 is 5.19. The number of nitrogens with one attached hydrogen (secondary N) is 1. The molecule has 0 aliphatic carbocycles. The third kappa shape index (κ3) is 2.53. The van der Waals surface area contributed by atoms with Gasteiger partial charge < -0.3 is 9.73 Å². The number of para-hydroxylation sites is 1. The number of nitrogens with zero attached hydrogens (tertiary/aromatic N) is 1. The monoisotopic (exact) mass is 296 g/mol. The Morgan fingerprint density at radius 3 is 2.45 bits per heavy atom. The summed E-state index contributed by atoms with van der Waals surface area (Å²) in [5.74, 6) is -0.109. The molecule has 1 aromatic heterocycles. The molecule has 3 rings (SSSR count). The lowest BCUT2D eigenvalue weighted by Crippen LogP contribution is -2.31. The average molecular weight is 296 g/mol. The number of benzene rings is 1. The number of hydrogen-bond donors (Lipinski definition) is 1. The molecule has 22 heavy (non-hydrogen) atoms. The van der Waals surface area contributed by atoms with Crippen molar-refractivity contribution in [1.82, 2.24) is 4.90 Å². The first-order valence-corrected chi connectivity index (χ1v) is 6.99. The Hall–Kier alpha value is -2.82. The minimum Gasteiger partial charge on any atom is -0.467 e. The predicted molar refractivity (Wildman–Crippen MR) is 81.9 cm³/mol. The van der Waals surface area contributed by atoms with Crippen molar-refractivity contribution >= 4 is 17.5 Å². The van der Waals surface area contributed by atoms with Gasteiger partial charge in [0.05, 0.1) is 12.8 Å². The average Bonchev–Trinajstić information content (AvgIpc) is 3.07. The number of furan rings is 1. The van der Waals surface area contributed by atoms with Crippen molar-refractivity contribution < 1.29 is 14.0 Å². The highest BCUT2D eigenvalue weighted by molar-refractivity contribution is 6.17. The van der Waals surface area contributed by atoms with E-state index >= 15 is 0 Å². The molecule has 0 saturated heterocycles. The topological polar surface area (TPSA) is 62.6 Å². The highest BCUT2D eigenvalue weighted by Crippen LogP contribution is 2.24. The molecule has 1 N–H and O–H groups in total. The Bertz CT molecular complexity index is 740. The van der Waals surface area contributed by atoms with Gasteiger partial charge in [-0.2, -0.15) is 0 Å². The van der Waals surface area contributed by atoms with Crippen LogP contribution >= 0.6 is 0 Å². The van der Waals surface area contributed by atoms with Crippen LogP contribution in [0.4, 0.5) is 5.69 Å². The van der Waals surface area contributed by atoms with Gasteiger partial charge in [0.15, 0.2) is 0 Å². The van der Waals surface area contributed by atoms with Crippen molar-refractivity contribution in [2.45, 2.75) is 20.4 Å². The minimum atomic E-state index is -0.343. The van der Waals surface area contributed by atoms with Crippen molar-refractivity contribution in [3.8, 4) is 0 Å². The zero-order valence-electron chi connectivity index (χ0n) is 12.4. The van der Waals surface area contributed by atoms with Crippen molar-refractivity contribution in [2.75, 3.05) is 5.32 Å². The standard InChI is InChI=1S/C17H16N2O3/c1-11-5-3-6-12(2)16(11)18-14-9-15(20)19(17(14)21)10-13-7-4-8-22-13/h3-9,18H,10H2,1-2H3. The normalized spacial score (nSPS) is 14.5. The van der Waals surface area contributed by atoms with E-state index in [0.29, 0.717) is 5.76 Å². The van der Waals surface area contributed by atoms with Crippen LogP contribution < -0.4 is 5.32 Å². The molecular formula is C17H16N2O3. The van der Waals surface area contributed by atoms with E-state index < -0.39 is 0 Å². The summed E-state index contributed by atoms with van der Waals surface area (Å²) in [4.78, 5) is 25.6. The van der Waals surface area contributed by atoms with Crippen LogP contribution in [0.25, 0.3) is 0 Å². The Balaban J connectivity index is 1.80. The predicted octanol–water partition coefficient (Wildman–Crippen LogP) is 2.76. The second kappa shape index (κ2) is 5.52. The lowest BCUT2D eigenvalue weighted by molar-refractivity contribution is -0.138. The van der Waals surface area contributed by atoms with Crippen molar-refractivity contribution in [3.05, 3.63) is 65.3 Å². The van der Waals surface area contributed by atoms with Crippen molar-refractivity contribution in [2.24, 2.45) is 0 Å². The maximum atomic E-state index is 12.4. The van der Waals surface area contributed by atoms with Crippen LogP contribution in [-0.2, 0) is 16.1 Å². The number of aryl methyl sites for hydroxylation is 2. The van der Waals surface area contributed by atoms with Gasteiger partial charge in [-0.15, -0.1) is 0 Å². The lowest BCUT2D eigenvalue weighted by Gasteiger charge is -2.15.